The predicted molar refractivity (Wildman–Crippen MR) is 84.7 cm³/mol. The lowest BCUT2D eigenvalue weighted by atomic mass is 10.2. The molecule has 4 nitrogen and oxygen atoms in total. The lowest BCUT2D eigenvalue weighted by Gasteiger charge is -2.10. The Morgan fingerprint density at radius 3 is 2.81 bits per heavy atom. The fraction of sp³-hybridized carbons (Fsp3) is 0.0714. The number of hydrogen-bond donors (Lipinski definition) is 1. The molecule has 2 aromatic carbocycles. The van der Waals surface area contributed by atoms with Crippen LogP contribution in [0, 0.1) is 5.82 Å². The van der Waals surface area contributed by atoms with Crippen LogP contribution in [0.5, 0.6) is 5.75 Å². The number of halogens is 3. The summed E-state index contributed by atoms with van der Waals surface area (Å²) in [7, 11) is 1.57. The summed E-state index contributed by atoms with van der Waals surface area (Å²) in [6.45, 7) is 0. The number of methoxy groups -OCH3 is 1. The molecule has 1 aromatic heterocycles. The maximum Gasteiger partial charge on any atom is 0.205 e. The minimum atomic E-state index is -0.526. The maximum absolute atomic E-state index is 13.5. The van der Waals surface area contributed by atoms with Gasteiger partial charge in [0.1, 0.15) is 11.6 Å². The van der Waals surface area contributed by atoms with Crippen molar-refractivity contribution in [2.75, 3.05) is 12.8 Å². The Hall–Kier alpha value is -1.79. The average molecular weight is 371 g/mol. The fourth-order valence-electron chi connectivity index (χ4n) is 2.15. The van der Waals surface area contributed by atoms with E-state index in [1.165, 1.54) is 12.1 Å². The third-order valence-corrected chi connectivity index (χ3v) is 4.06. The summed E-state index contributed by atoms with van der Waals surface area (Å²) in [4.78, 5) is 4.16. The molecule has 0 aliphatic rings. The van der Waals surface area contributed by atoms with Gasteiger partial charge in [-0.05, 0) is 34.1 Å². The number of fused-ring (bicyclic) bond motifs is 1. The molecule has 0 aliphatic carbocycles. The molecule has 21 heavy (non-hydrogen) atoms. The van der Waals surface area contributed by atoms with Gasteiger partial charge in [-0.1, -0.05) is 11.6 Å². The summed E-state index contributed by atoms with van der Waals surface area (Å²) in [6, 6.07) is 8.26. The average Bonchev–Trinajstić information content (AvgIpc) is 2.75. The van der Waals surface area contributed by atoms with Crippen molar-refractivity contribution < 1.29 is 9.13 Å². The molecule has 1 heterocycles. The number of nitrogens with two attached hydrogens (primary N) is 1. The smallest absolute Gasteiger partial charge is 0.205 e. The molecule has 0 bridgehead atoms. The Balaban J connectivity index is 2.29. The highest BCUT2D eigenvalue weighted by Crippen LogP contribution is 2.32. The standard InChI is InChI=1S/C14H10BrClFN3O/c1-21-13-4-7(2-3-8(13)15)20-12-5-9(16)10(17)6-11(12)19-14(20)18/h2-6H,1H3,(H2,18,19). The third kappa shape index (κ3) is 2.34. The molecule has 3 rings (SSSR count). The maximum atomic E-state index is 13.5. The van der Waals surface area contributed by atoms with E-state index in [4.69, 9.17) is 22.1 Å². The van der Waals surface area contributed by atoms with Gasteiger partial charge in [0.25, 0.3) is 0 Å². The van der Waals surface area contributed by atoms with Crippen LogP contribution in [-0.2, 0) is 0 Å². The van der Waals surface area contributed by atoms with Crippen molar-refractivity contribution in [1.29, 1.82) is 0 Å². The third-order valence-electron chi connectivity index (χ3n) is 3.12. The van der Waals surface area contributed by atoms with Crippen LogP contribution in [0.1, 0.15) is 0 Å². The van der Waals surface area contributed by atoms with E-state index < -0.39 is 5.82 Å². The molecule has 0 aliphatic heterocycles. The first-order chi connectivity index (χ1) is 10.0. The molecule has 0 unspecified atom stereocenters. The Kier molecular flexibility index (Phi) is 3.51. The highest BCUT2D eigenvalue weighted by molar-refractivity contribution is 9.10. The largest absolute Gasteiger partial charge is 0.495 e. The van der Waals surface area contributed by atoms with Gasteiger partial charge >= 0.3 is 0 Å². The fourth-order valence-corrected chi connectivity index (χ4v) is 2.72. The van der Waals surface area contributed by atoms with Gasteiger partial charge in [0.15, 0.2) is 0 Å². The van der Waals surface area contributed by atoms with Crippen molar-refractivity contribution in [2.45, 2.75) is 0 Å². The predicted octanol–water partition coefficient (Wildman–Crippen LogP) is 4.17. The summed E-state index contributed by atoms with van der Waals surface area (Å²) >= 11 is 9.24. The van der Waals surface area contributed by atoms with E-state index in [0.717, 1.165) is 10.2 Å². The Morgan fingerprint density at radius 1 is 1.33 bits per heavy atom. The van der Waals surface area contributed by atoms with E-state index in [1.807, 2.05) is 12.1 Å². The van der Waals surface area contributed by atoms with Gasteiger partial charge in [0.2, 0.25) is 5.95 Å². The molecule has 7 heteroatoms. The quantitative estimate of drug-likeness (QED) is 0.736. The van der Waals surface area contributed by atoms with Gasteiger partial charge in [-0.2, -0.15) is 0 Å². The number of hydrogen-bond acceptors (Lipinski definition) is 3. The second-order valence-corrected chi connectivity index (χ2v) is 5.64. The lowest BCUT2D eigenvalue weighted by molar-refractivity contribution is 0.412. The van der Waals surface area contributed by atoms with Crippen LogP contribution in [-0.4, -0.2) is 16.7 Å². The van der Waals surface area contributed by atoms with Crippen LogP contribution < -0.4 is 10.5 Å². The highest BCUT2D eigenvalue weighted by Gasteiger charge is 2.14. The molecular weight excluding hydrogens is 361 g/mol. The summed E-state index contributed by atoms with van der Waals surface area (Å²) in [5.74, 6) is 0.375. The SMILES string of the molecule is COc1cc(-n2c(N)nc3cc(F)c(Cl)cc32)ccc1Br. The summed E-state index contributed by atoms with van der Waals surface area (Å²) in [6.07, 6.45) is 0. The topological polar surface area (TPSA) is 53.1 Å². The summed E-state index contributed by atoms with van der Waals surface area (Å²) in [5, 5.41) is 0.0210. The lowest BCUT2D eigenvalue weighted by Crippen LogP contribution is -2.01. The second kappa shape index (κ2) is 5.20. The van der Waals surface area contributed by atoms with Gasteiger partial charge < -0.3 is 10.5 Å². The number of ether oxygens (including phenoxy) is 1. The van der Waals surface area contributed by atoms with E-state index >= 15 is 0 Å². The summed E-state index contributed by atoms with van der Waals surface area (Å²) < 4.78 is 21.3. The van der Waals surface area contributed by atoms with Crippen molar-refractivity contribution >= 4 is 44.5 Å². The Labute approximate surface area is 133 Å². The highest BCUT2D eigenvalue weighted by atomic mass is 79.9. The molecule has 3 aromatic rings. The molecular formula is C14H10BrClFN3O. The Bertz CT molecular complexity index is 850. The number of nitrogen functional groups attached to an aromatic ring is 1. The molecule has 0 spiro atoms. The van der Waals surface area contributed by atoms with E-state index in [2.05, 4.69) is 20.9 Å². The normalized spacial score (nSPS) is 11.0. The molecule has 2 N–H and O–H groups in total. The first-order valence-electron chi connectivity index (χ1n) is 5.98. The van der Waals surface area contributed by atoms with Crippen molar-refractivity contribution in [3.8, 4) is 11.4 Å². The number of anilines is 1. The number of nitrogens with zero attached hydrogens (tertiary/aromatic N) is 2. The molecule has 0 saturated heterocycles. The van der Waals surface area contributed by atoms with Crippen LogP contribution in [0.2, 0.25) is 5.02 Å². The van der Waals surface area contributed by atoms with Gasteiger partial charge in [0.05, 0.1) is 33.3 Å². The monoisotopic (exact) mass is 369 g/mol. The van der Waals surface area contributed by atoms with E-state index in [9.17, 15) is 4.39 Å². The zero-order valence-corrected chi connectivity index (χ0v) is 13.2. The minimum Gasteiger partial charge on any atom is -0.495 e. The molecule has 0 amide bonds. The van der Waals surface area contributed by atoms with Crippen LogP contribution in [0.15, 0.2) is 34.8 Å². The molecule has 0 atom stereocenters. The van der Waals surface area contributed by atoms with Crippen molar-refractivity contribution in [1.82, 2.24) is 9.55 Å². The van der Waals surface area contributed by atoms with Crippen LogP contribution in [0.25, 0.3) is 16.7 Å². The van der Waals surface area contributed by atoms with Crippen LogP contribution in [0.3, 0.4) is 0 Å². The van der Waals surface area contributed by atoms with E-state index in [0.29, 0.717) is 16.8 Å². The molecule has 0 radical (unpaired) electrons. The van der Waals surface area contributed by atoms with E-state index in [-0.39, 0.29) is 11.0 Å². The van der Waals surface area contributed by atoms with Crippen molar-refractivity contribution in [3.63, 3.8) is 0 Å². The number of rotatable bonds is 2. The zero-order chi connectivity index (χ0) is 15.1. The van der Waals surface area contributed by atoms with Gasteiger partial charge in [0, 0.05) is 12.1 Å². The number of imidazole rings is 1. The molecule has 0 saturated carbocycles. The van der Waals surface area contributed by atoms with Gasteiger partial charge in [-0.15, -0.1) is 0 Å². The van der Waals surface area contributed by atoms with Crippen LogP contribution >= 0.6 is 27.5 Å². The minimum absolute atomic E-state index is 0.0210. The van der Waals surface area contributed by atoms with Gasteiger partial charge in [-0.25, -0.2) is 9.37 Å². The van der Waals surface area contributed by atoms with Crippen molar-refractivity contribution in [2.24, 2.45) is 0 Å². The van der Waals surface area contributed by atoms with E-state index in [1.54, 1.807) is 17.7 Å². The van der Waals surface area contributed by atoms with Crippen LogP contribution in [0.4, 0.5) is 10.3 Å². The number of benzene rings is 2. The van der Waals surface area contributed by atoms with Crippen molar-refractivity contribution in [3.05, 3.63) is 45.6 Å². The number of aromatic nitrogens is 2. The second-order valence-electron chi connectivity index (χ2n) is 4.38. The van der Waals surface area contributed by atoms with Gasteiger partial charge in [-0.3, -0.25) is 4.57 Å². The zero-order valence-electron chi connectivity index (χ0n) is 10.9. The molecule has 0 fully saturated rings. The Morgan fingerprint density at radius 2 is 2.10 bits per heavy atom. The first kappa shape index (κ1) is 14.2. The molecule has 108 valence electrons. The summed E-state index contributed by atoms with van der Waals surface area (Å²) in [5.41, 5.74) is 7.77. The first-order valence-corrected chi connectivity index (χ1v) is 7.15.